The molecule has 0 spiro atoms. The number of aromatic nitrogens is 1. The molecule has 0 saturated heterocycles. The van der Waals surface area contributed by atoms with Crippen molar-refractivity contribution in [3.8, 4) is 0 Å². The normalized spacial score (nSPS) is 10.1. The van der Waals surface area contributed by atoms with Crippen LogP contribution in [0.4, 0.5) is 5.69 Å². The summed E-state index contributed by atoms with van der Waals surface area (Å²) in [5.74, 6) is -0.130. The number of benzene rings is 1. The highest BCUT2D eigenvalue weighted by Gasteiger charge is 2.11. The minimum absolute atomic E-state index is 0.187. The summed E-state index contributed by atoms with van der Waals surface area (Å²) in [6.45, 7) is 1.98. The lowest BCUT2D eigenvalue weighted by Crippen LogP contribution is -2.11. The number of nitrogens with zero attached hydrogens (tertiary/aromatic N) is 1. The second kappa shape index (κ2) is 4.49. The van der Waals surface area contributed by atoms with Gasteiger partial charge in [-0.15, -0.1) is 0 Å². The molecular formula is C11H9BrN2O2. The third-order valence-electron chi connectivity index (χ3n) is 2.03. The van der Waals surface area contributed by atoms with Crippen LogP contribution >= 0.6 is 15.9 Å². The van der Waals surface area contributed by atoms with Crippen molar-refractivity contribution in [2.75, 3.05) is 5.32 Å². The molecule has 1 heterocycles. The third kappa shape index (κ3) is 2.30. The number of aryl methyl sites for hydroxylation is 1. The van der Waals surface area contributed by atoms with Crippen LogP contribution in [0.2, 0.25) is 0 Å². The first kappa shape index (κ1) is 10.9. The fraction of sp³-hybridized carbons (Fsp3) is 0.0909. The maximum Gasteiger partial charge on any atom is 0.294 e. The molecule has 1 aromatic heterocycles. The van der Waals surface area contributed by atoms with Gasteiger partial charge in [0.05, 0.1) is 11.9 Å². The Bertz CT molecular complexity index is 509. The molecule has 0 atom stereocenters. The van der Waals surface area contributed by atoms with Crippen LogP contribution in [-0.2, 0) is 0 Å². The molecule has 16 heavy (non-hydrogen) atoms. The van der Waals surface area contributed by atoms with Crippen LogP contribution in [0.3, 0.4) is 0 Å². The minimum atomic E-state index is -0.318. The zero-order chi connectivity index (χ0) is 11.5. The van der Waals surface area contributed by atoms with Gasteiger partial charge in [-0.05, 0) is 40.5 Å². The van der Waals surface area contributed by atoms with Gasteiger partial charge in [0.15, 0.2) is 0 Å². The molecule has 0 fully saturated rings. The summed E-state index contributed by atoms with van der Waals surface area (Å²) in [7, 11) is 0. The first-order chi connectivity index (χ1) is 7.66. The molecule has 1 amide bonds. The van der Waals surface area contributed by atoms with E-state index in [1.54, 1.807) is 0 Å². The second-order valence-electron chi connectivity index (χ2n) is 3.31. The summed E-state index contributed by atoms with van der Waals surface area (Å²) in [6.07, 6.45) is 1.43. The molecule has 1 aromatic carbocycles. The number of carbonyl (C=O) groups excluding carboxylic acids is 1. The summed E-state index contributed by atoms with van der Waals surface area (Å²) in [6, 6.07) is 7.18. The predicted octanol–water partition coefficient (Wildman–Crippen LogP) is 3.00. The van der Waals surface area contributed by atoms with Gasteiger partial charge in [-0.3, -0.25) is 4.79 Å². The lowest BCUT2D eigenvalue weighted by Gasteiger charge is -2.05. The summed E-state index contributed by atoms with van der Waals surface area (Å²) in [5, 5.41) is 6.19. The van der Waals surface area contributed by atoms with E-state index in [4.69, 9.17) is 4.52 Å². The van der Waals surface area contributed by atoms with Crippen LogP contribution < -0.4 is 5.32 Å². The van der Waals surface area contributed by atoms with Crippen molar-refractivity contribution >= 4 is 27.5 Å². The number of anilines is 1. The van der Waals surface area contributed by atoms with Crippen molar-refractivity contribution in [3.63, 3.8) is 0 Å². The maximum absolute atomic E-state index is 11.6. The summed E-state index contributed by atoms with van der Waals surface area (Å²) in [4.78, 5) is 11.6. The number of halogens is 1. The SMILES string of the molecule is Cc1ccc(NC(=O)c2ccno2)c(Br)c1. The molecule has 2 rings (SSSR count). The monoisotopic (exact) mass is 280 g/mol. The highest BCUT2D eigenvalue weighted by Crippen LogP contribution is 2.23. The lowest BCUT2D eigenvalue weighted by atomic mass is 10.2. The van der Waals surface area contributed by atoms with Crippen molar-refractivity contribution in [1.29, 1.82) is 0 Å². The molecule has 0 bridgehead atoms. The molecule has 0 radical (unpaired) electrons. The number of nitrogens with one attached hydrogen (secondary N) is 1. The van der Waals surface area contributed by atoms with Crippen LogP contribution in [0.1, 0.15) is 16.1 Å². The van der Waals surface area contributed by atoms with Crippen LogP contribution in [0.15, 0.2) is 39.5 Å². The van der Waals surface area contributed by atoms with E-state index in [9.17, 15) is 4.79 Å². The molecular weight excluding hydrogens is 272 g/mol. The molecule has 0 aliphatic heterocycles. The van der Waals surface area contributed by atoms with Gasteiger partial charge in [0.1, 0.15) is 0 Å². The Morgan fingerprint density at radius 3 is 2.88 bits per heavy atom. The van der Waals surface area contributed by atoms with Crippen molar-refractivity contribution < 1.29 is 9.32 Å². The molecule has 0 aliphatic rings. The molecule has 5 heteroatoms. The van der Waals surface area contributed by atoms with E-state index in [1.807, 2.05) is 25.1 Å². The quantitative estimate of drug-likeness (QED) is 0.920. The van der Waals surface area contributed by atoms with Gasteiger partial charge < -0.3 is 9.84 Å². The molecule has 2 aromatic rings. The number of hydrogen-bond acceptors (Lipinski definition) is 3. The van der Waals surface area contributed by atoms with E-state index in [0.29, 0.717) is 5.69 Å². The van der Waals surface area contributed by atoms with Gasteiger partial charge in [-0.1, -0.05) is 11.2 Å². The Hall–Kier alpha value is -1.62. The smallest absolute Gasteiger partial charge is 0.294 e. The van der Waals surface area contributed by atoms with Crippen molar-refractivity contribution in [1.82, 2.24) is 5.16 Å². The zero-order valence-corrected chi connectivity index (χ0v) is 10.1. The summed E-state index contributed by atoms with van der Waals surface area (Å²) >= 11 is 3.38. The Kier molecular flexibility index (Phi) is 3.05. The summed E-state index contributed by atoms with van der Waals surface area (Å²) < 4.78 is 5.59. The Morgan fingerprint density at radius 1 is 1.44 bits per heavy atom. The second-order valence-corrected chi connectivity index (χ2v) is 4.17. The molecule has 0 unspecified atom stereocenters. The number of carbonyl (C=O) groups is 1. The van der Waals surface area contributed by atoms with Crippen LogP contribution in [0.5, 0.6) is 0 Å². The van der Waals surface area contributed by atoms with Crippen molar-refractivity contribution in [2.45, 2.75) is 6.92 Å². The van der Waals surface area contributed by atoms with Gasteiger partial charge in [0.2, 0.25) is 5.76 Å². The van der Waals surface area contributed by atoms with Crippen molar-refractivity contribution in [3.05, 3.63) is 46.3 Å². The molecule has 82 valence electrons. The topological polar surface area (TPSA) is 55.1 Å². The van der Waals surface area contributed by atoms with Crippen LogP contribution in [0.25, 0.3) is 0 Å². The fourth-order valence-electron chi connectivity index (χ4n) is 1.24. The molecule has 0 saturated carbocycles. The van der Waals surface area contributed by atoms with E-state index in [-0.39, 0.29) is 11.7 Å². The third-order valence-corrected chi connectivity index (χ3v) is 2.69. The number of amides is 1. The van der Waals surface area contributed by atoms with Gasteiger partial charge in [-0.2, -0.15) is 0 Å². The van der Waals surface area contributed by atoms with Crippen LogP contribution in [0, 0.1) is 6.92 Å². The van der Waals surface area contributed by atoms with Gasteiger partial charge >= 0.3 is 0 Å². The maximum atomic E-state index is 11.6. The fourth-order valence-corrected chi connectivity index (χ4v) is 1.83. The highest BCUT2D eigenvalue weighted by atomic mass is 79.9. The predicted molar refractivity (Wildman–Crippen MR) is 63.3 cm³/mol. The van der Waals surface area contributed by atoms with E-state index in [0.717, 1.165) is 10.0 Å². The minimum Gasteiger partial charge on any atom is -0.351 e. The highest BCUT2D eigenvalue weighted by molar-refractivity contribution is 9.10. The lowest BCUT2D eigenvalue weighted by molar-refractivity contribution is 0.0988. The van der Waals surface area contributed by atoms with E-state index >= 15 is 0 Å². The van der Waals surface area contributed by atoms with E-state index in [2.05, 4.69) is 26.4 Å². The average Bonchev–Trinajstić information content (AvgIpc) is 2.75. The molecule has 4 nitrogen and oxygen atoms in total. The molecule has 1 N–H and O–H groups in total. The van der Waals surface area contributed by atoms with Gasteiger partial charge in [-0.25, -0.2) is 0 Å². The first-order valence-corrected chi connectivity index (χ1v) is 5.44. The number of hydrogen-bond donors (Lipinski definition) is 1. The first-order valence-electron chi connectivity index (χ1n) is 4.65. The average molecular weight is 281 g/mol. The van der Waals surface area contributed by atoms with Gasteiger partial charge in [0.25, 0.3) is 5.91 Å². The van der Waals surface area contributed by atoms with E-state index in [1.165, 1.54) is 12.3 Å². The van der Waals surface area contributed by atoms with Crippen molar-refractivity contribution in [2.24, 2.45) is 0 Å². The Morgan fingerprint density at radius 2 is 2.25 bits per heavy atom. The van der Waals surface area contributed by atoms with E-state index < -0.39 is 0 Å². The largest absolute Gasteiger partial charge is 0.351 e. The standard InChI is InChI=1S/C11H9BrN2O2/c1-7-2-3-9(8(12)6-7)14-11(15)10-4-5-13-16-10/h2-6H,1H3,(H,14,15). The summed E-state index contributed by atoms with van der Waals surface area (Å²) in [5.41, 5.74) is 1.82. The number of rotatable bonds is 2. The van der Waals surface area contributed by atoms with Crippen LogP contribution in [-0.4, -0.2) is 11.1 Å². The molecule has 0 aliphatic carbocycles. The Labute approximate surface area is 101 Å². The Balaban J connectivity index is 2.18. The zero-order valence-electron chi connectivity index (χ0n) is 8.53. The van der Waals surface area contributed by atoms with Gasteiger partial charge in [0, 0.05) is 10.5 Å².